The monoisotopic (exact) mass is 1320 g/mol. The quantitative estimate of drug-likeness (QED) is 0.121. The maximum Gasteiger partial charge on any atom is 0.159 e. The fraction of sp³-hybridized carbons (Fsp3) is 0.0513. The van der Waals surface area contributed by atoms with Crippen LogP contribution < -0.4 is 10.2 Å². The molecule has 4 aromatic heterocycles. The van der Waals surface area contributed by atoms with Crippen molar-refractivity contribution in [3.05, 3.63) is 314 Å². The van der Waals surface area contributed by atoms with E-state index in [4.69, 9.17) is 0 Å². The van der Waals surface area contributed by atoms with Gasteiger partial charge in [0.15, 0.2) is 5.82 Å². The summed E-state index contributed by atoms with van der Waals surface area (Å²) in [6, 6.07) is 98.7. The van der Waals surface area contributed by atoms with Gasteiger partial charge in [0, 0.05) is 80.4 Å². The van der Waals surface area contributed by atoms with Crippen LogP contribution in [0.2, 0.25) is 0 Å². The van der Waals surface area contributed by atoms with Gasteiger partial charge < -0.3 is 14.8 Å². The standard InChI is InChI=1S/C31H22N2S.C24H16N2.C23H20N3.Ir/c1-2-12-23(13-3-1)33-28-18-6-5-17-27(28)32-31(33)22-11-8-10-21(20-22)24-15-9-16-26-25-14-4-7-19-29(25)34-30(24)26;1-3-7-17(8-4-1)19-13-15-25-23-21(19)11-12-22-20(14-16-26-24(22)23)18-9-5-2-6-10-18;1-16-10-7-8-15-20(16)23-25-24-22(19-13-5-4-6-14-19)26(23)21-17(2)11-9-12-18(21)3;/h1-20,31-32H;1-16H;4-13,15H,1-3H3;/q;;-1;. The summed E-state index contributed by atoms with van der Waals surface area (Å²) in [4.78, 5) is 11.7. The topological polar surface area (TPSA) is 71.8 Å². The maximum atomic E-state index is 4.67. The molecule has 0 saturated carbocycles. The van der Waals surface area contributed by atoms with Gasteiger partial charge in [-0.3, -0.25) is 9.97 Å². The largest absolute Gasteiger partial charge is 0.359 e. The minimum Gasteiger partial charge on any atom is -0.359 e. The molecule has 0 fully saturated rings. The molecule has 1 unspecified atom stereocenters. The summed E-state index contributed by atoms with van der Waals surface area (Å²) in [5.41, 5.74) is 20.7. The minimum atomic E-state index is 0. The van der Waals surface area contributed by atoms with Crippen LogP contribution in [0, 0.1) is 26.8 Å². The third kappa shape index (κ3) is 10.9. The Hall–Kier alpha value is -10.2. The molecule has 1 N–H and O–H groups in total. The van der Waals surface area contributed by atoms with Crippen LogP contribution in [-0.4, -0.2) is 24.7 Å². The Bertz CT molecular complexity index is 4790. The molecule has 16 rings (SSSR count). The molecule has 0 bridgehead atoms. The molecule has 421 valence electrons. The van der Waals surface area contributed by atoms with Gasteiger partial charge in [-0.2, -0.15) is 5.10 Å². The van der Waals surface area contributed by atoms with E-state index in [1.807, 2.05) is 72.3 Å². The number of nitrogens with one attached hydrogen (secondary N) is 1. The Morgan fingerprint density at radius 2 is 0.989 bits per heavy atom. The van der Waals surface area contributed by atoms with E-state index in [1.165, 1.54) is 87.2 Å². The third-order valence-corrected chi connectivity index (χ3v) is 17.3. The van der Waals surface area contributed by atoms with Gasteiger partial charge >= 0.3 is 0 Å². The molecule has 15 aromatic rings. The normalized spacial score (nSPS) is 12.4. The predicted octanol–water partition coefficient (Wildman–Crippen LogP) is 20.4. The smallest absolute Gasteiger partial charge is 0.159 e. The second-order valence-electron chi connectivity index (χ2n) is 21.5. The maximum absolute atomic E-state index is 4.67. The summed E-state index contributed by atoms with van der Waals surface area (Å²) >= 11 is 1.88. The van der Waals surface area contributed by atoms with E-state index in [2.05, 4.69) is 286 Å². The Balaban J connectivity index is 0.000000122. The van der Waals surface area contributed by atoms with Crippen molar-refractivity contribution in [2.75, 3.05) is 10.2 Å². The van der Waals surface area contributed by atoms with Crippen LogP contribution in [0.3, 0.4) is 0 Å². The van der Waals surface area contributed by atoms with Crippen LogP contribution in [-0.2, 0) is 20.1 Å². The van der Waals surface area contributed by atoms with Gasteiger partial charge in [-0.05, 0) is 125 Å². The van der Waals surface area contributed by atoms with Crippen molar-refractivity contribution in [2.24, 2.45) is 0 Å². The first-order valence-corrected chi connectivity index (χ1v) is 29.8. The number of pyridine rings is 2. The zero-order chi connectivity index (χ0) is 57.9. The summed E-state index contributed by atoms with van der Waals surface area (Å²) < 4.78 is 4.85. The average molecular weight is 1320 g/mol. The average Bonchev–Trinajstić information content (AvgIpc) is 2.96. The number of para-hydroxylation sites is 4. The Labute approximate surface area is 524 Å². The number of benzene rings is 11. The number of anilines is 3. The Morgan fingerprint density at radius 1 is 0.437 bits per heavy atom. The minimum absolute atomic E-state index is 0. The molecule has 0 aliphatic carbocycles. The number of fused-ring (bicyclic) bond motifs is 7. The van der Waals surface area contributed by atoms with Crippen molar-refractivity contribution in [3.8, 4) is 61.8 Å². The summed E-state index contributed by atoms with van der Waals surface area (Å²) in [7, 11) is 0. The van der Waals surface area contributed by atoms with E-state index >= 15 is 0 Å². The molecule has 87 heavy (non-hydrogen) atoms. The van der Waals surface area contributed by atoms with Gasteiger partial charge in [-0.15, -0.1) is 52.3 Å². The van der Waals surface area contributed by atoms with Crippen molar-refractivity contribution in [2.45, 2.75) is 26.9 Å². The summed E-state index contributed by atoms with van der Waals surface area (Å²) in [6.07, 6.45) is 3.78. The van der Waals surface area contributed by atoms with Gasteiger partial charge in [-0.1, -0.05) is 200 Å². The van der Waals surface area contributed by atoms with Gasteiger partial charge in [0.05, 0.1) is 28.2 Å². The number of rotatable bonds is 8. The number of hydrogen-bond acceptors (Lipinski definition) is 7. The van der Waals surface area contributed by atoms with E-state index in [0.29, 0.717) is 0 Å². The van der Waals surface area contributed by atoms with Crippen molar-refractivity contribution in [1.29, 1.82) is 0 Å². The Morgan fingerprint density at radius 3 is 1.68 bits per heavy atom. The molecule has 1 radical (unpaired) electrons. The predicted molar refractivity (Wildman–Crippen MR) is 359 cm³/mol. The molecule has 0 spiro atoms. The second-order valence-corrected chi connectivity index (χ2v) is 22.5. The Kier molecular flexibility index (Phi) is 16.0. The molecule has 0 amide bonds. The molecule has 9 heteroatoms. The van der Waals surface area contributed by atoms with E-state index in [9.17, 15) is 0 Å². The van der Waals surface area contributed by atoms with Crippen LogP contribution in [0.25, 0.3) is 104 Å². The van der Waals surface area contributed by atoms with E-state index in [1.54, 1.807) is 0 Å². The first-order valence-electron chi connectivity index (χ1n) is 29.0. The van der Waals surface area contributed by atoms with Gasteiger partial charge in [-0.25, -0.2) is 0 Å². The second kappa shape index (κ2) is 24.8. The van der Waals surface area contributed by atoms with Gasteiger partial charge in [0.1, 0.15) is 6.17 Å². The number of aryl methyl sites for hydroxylation is 3. The van der Waals surface area contributed by atoms with Crippen molar-refractivity contribution in [1.82, 2.24) is 24.7 Å². The molecule has 11 aromatic carbocycles. The van der Waals surface area contributed by atoms with Crippen LogP contribution in [0.15, 0.2) is 285 Å². The third-order valence-electron chi connectivity index (χ3n) is 16.1. The molecular formula is C78H58IrN7S-. The van der Waals surface area contributed by atoms with E-state index < -0.39 is 0 Å². The molecule has 0 saturated heterocycles. The van der Waals surface area contributed by atoms with E-state index in [-0.39, 0.29) is 26.3 Å². The SMILES string of the molecule is Cc1ccccc1-c1nnc(-c2[c-]cccc2)n1-c1c(C)cccc1C.[Ir].c1ccc(-c2ccnc3c2ccc2c(-c4ccccc4)ccnc23)cc1.c1ccc(N2c3ccccc3NC2c2cccc(-c3cccc4c3sc3ccccc34)c2)cc1. The molecular weight excluding hydrogens is 1260 g/mol. The number of hydrogen-bond donors (Lipinski definition) is 1. The van der Waals surface area contributed by atoms with E-state index in [0.717, 1.165) is 56.0 Å². The molecule has 5 heterocycles. The van der Waals surface area contributed by atoms with Gasteiger partial charge in [0.25, 0.3) is 0 Å². The zero-order valence-electron chi connectivity index (χ0n) is 48.1. The first kappa shape index (κ1) is 56.0. The van der Waals surface area contributed by atoms with Crippen LogP contribution in [0.1, 0.15) is 28.4 Å². The summed E-state index contributed by atoms with van der Waals surface area (Å²) in [5.74, 6) is 1.66. The van der Waals surface area contributed by atoms with Crippen LogP contribution in [0.5, 0.6) is 0 Å². The molecule has 1 aliphatic heterocycles. The van der Waals surface area contributed by atoms with Crippen LogP contribution in [0.4, 0.5) is 17.1 Å². The van der Waals surface area contributed by atoms with Crippen molar-refractivity contribution >= 4 is 70.4 Å². The fourth-order valence-electron chi connectivity index (χ4n) is 12.0. The number of aromatic nitrogens is 5. The first-order chi connectivity index (χ1) is 42.4. The molecule has 1 atom stereocenters. The van der Waals surface area contributed by atoms with Crippen molar-refractivity contribution < 1.29 is 20.1 Å². The summed E-state index contributed by atoms with van der Waals surface area (Å²) in [6.45, 7) is 6.36. The molecule has 1 aliphatic rings. The van der Waals surface area contributed by atoms with Crippen molar-refractivity contribution in [3.63, 3.8) is 0 Å². The van der Waals surface area contributed by atoms with Crippen LogP contribution >= 0.6 is 11.3 Å². The summed E-state index contributed by atoms with van der Waals surface area (Å²) in [5, 5.41) is 17.8. The molecule has 7 nitrogen and oxygen atoms in total. The number of thiophene rings is 1. The van der Waals surface area contributed by atoms with Gasteiger partial charge in [0.2, 0.25) is 0 Å². The fourth-order valence-corrected chi connectivity index (χ4v) is 13.3. The number of nitrogens with zero attached hydrogens (tertiary/aromatic N) is 6. The zero-order valence-corrected chi connectivity index (χ0v) is 51.3.